The van der Waals surface area contributed by atoms with Gasteiger partial charge in [-0.1, -0.05) is 0 Å². The summed E-state index contributed by atoms with van der Waals surface area (Å²) in [5.74, 6) is 0.0432. The van der Waals surface area contributed by atoms with Gasteiger partial charge in [-0.15, -0.1) is 0 Å². The maximum atomic E-state index is 12.4. The predicted octanol–water partition coefficient (Wildman–Crippen LogP) is 0.899. The molecule has 1 atom stereocenters. The number of carbonyl (C=O) groups is 3. The molecular weight excluding hydrogens is 322 g/mol. The van der Waals surface area contributed by atoms with E-state index < -0.39 is 11.9 Å². The van der Waals surface area contributed by atoms with Crippen LogP contribution >= 0.6 is 0 Å². The lowest BCUT2D eigenvalue weighted by molar-refractivity contribution is -0.133. The summed E-state index contributed by atoms with van der Waals surface area (Å²) in [4.78, 5) is 38.4. The molecule has 1 aliphatic heterocycles. The molecule has 3 amide bonds. The summed E-state index contributed by atoms with van der Waals surface area (Å²) in [6, 6.07) is 0.936. The zero-order chi connectivity index (χ0) is 18.0. The first-order valence-corrected chi connectivity index (χ1v) is 8.90. The minimum Gasteiger partial charge on any atom is -0.341 e. The number of amides is 3. The molecule has 3 rings (SSSR count). The number of rotatable bonds is 5. The number of nitrogens with one attached hydrogen (secondary N) is 2. The SMILES string of the molecule is CC(NC(=O)c1cc(NC(=O)C2CC2)n(C)n1)C(=O)N1CCCCC1. The Kier molecular flexibility index (Phi) is 5.06. The Morgan fingerprint density at radius 1 is 1.20 bits per heavy atom. The fraction of sp³-hybridized carbons (Fsp3) is 0.647. The molecule has 25 heavy (non-hydrogen) atoms. The largest absolute Gasteiger partial charge is 0.341 e. The van der Waals surface area contributed by atoms with E-state index in [1.165, 1.54) is 10.7 Å². The molecule has 0 spiro atoms. The van der Waals surface area contributed by atoms with Crippen LogP contribution in [0.25, 0.3) is 0 Å². The highest BCUT2D eigenvalue weighted by atomic mass is 16.2. The van der Waals surface area contributed by atoms with Crippen LogP contribution in [0.15, 0.2) is 6.07 Å². The Balaban J connectivity index is 1.58. The van der Waals surface area contributed by atoms with Crippen LogP contribution in [-0.4, -0.2) is 51.5 Å². The van der Waals surface area contributed by atoms with Crippen LogP contribution in [0.3, 0.4) is 0 Å². The van der Waals surface area contributed by atoms with Crippen molar-refractivity contribution in [1.82, 2.24) is 20.0 Å². The van der Waals surface area contributed by atoms with Crippen LogP contribution in [0.5, 0.6) is 0 Å². The molecule has 1 saturated heterocycles. The van der Waals surface area contributed by atoms with Gasteiger partial charge in [0, 0.05) is 32.1 Å². The third-order valence-electron chi connectivity index (χ3n) is 4.70. The Morgan fingerprint density at radius 3 is 2.52 bits per heavy atom. The van der Waals surface area contributed by atoms with Gasteiger partial charge in [0.2, 0.25) is 11.8 Å². The number of nitrogens with zero attached hydrogens (tertiary/aromatic N) is 3. The molecule has 2 N–H and O–H groups in total. The predicted molar refractivity (Wildman–Crippen MR) is 91.9 cm³/mol. The molecule has 1 aromatic rings. The quantitative estimate of drug-likeness (QED) is 0.827. The highest BCUT2D eigenvalue weighted by Gasteiger charge is 2.30. The van der Waals surface area contributed by atoms with E-state index in [-0.39, 0.29) is 23.4 Å². The van der Waals surface area contributed by atoms with Crippen LogP contribution in [-0.2, 0) is 16.6 Å². The maximum absolute atomic E-state index is 12.4. The van der Waals surface area contributed by atoms with Gasteiger partial charge >= 0.3 is 0 Å². The topological polar surface area (TPSA) is 96.3 Å². The van der Waals surface area contributed by atoms with Gasteiger partial charge in [-0.3, -0.25) is 19.1 Å². The molecule has 2 aliphatic rings. The van der Waals surface area contributed by atoms with Gasteiger partial charge in [0.25, 0.3) is 5.91 Å². The highest BCUT2D eigenvalue weighted by molar-refractivity contribution is 5.98. The van der Waals surface area contributed by atoms with Gasteiger partial charge in [0.15, 0.2) is 5.69 Å². The molecule has 8 nitrogen and oxygen atoms in total. The molecule has 1 aromatic heterocycles. The molecule has 8 heteroatoms. The minimum absolute atomic E-state index is 0.0383. The number of carbonyl (C=O) groups excluding carboxylic acids is 3. The second-order valence-electron chi connectivity index (χ2n) is 6.88. The Labute approximate surface area is 146 Å². The Bertz CT molecular complexity index is 674. The van der Waals surface area contributed by atoms with Gasteiger partial charge in [0.1, 0.15) is 11.9 Å². The lowest BCUT2D eigenvalue weighted by atomic mass is 10.1. The average molecular weight is 347 g/mol. The summed E-state index contributed by atoms with van der Waals surface area (Å²) in [5.41, 5.74) is 0.187. The zero-order valence-corrected chi connectivity index (χ0v) is 14.7. The van der Waals surface area contributed by atoms with Crippen molar-refractivity contribution in [1.29, 1.82) is 0 Å². The lowest BCUT2D eigenvalue weighted by Crippen LogP contribution is -2.48. The highest BCUT2D eigenvalue weighted by Crippen LogP contribution is 2.30. The summed E-state index contributed by atoms with van der Waals surface area (Å²) in [6.07, 6.45) is 4.99. The van der Waals surface area contributed by atoms with Crippen LogP contribution in [0.4, 0.5) is 5.82 Å². The fourth-order valence-electron chi connectivity index (χ4n) is 2.99. The maximum Gasteiger partial charge on any atom is 0.272 e. The molecule has 0 bridgehead atoms. The van der Waals surface area contributed by atoms with Crippen molar-refractivity contribution >= 4 is 23.5 Å². The number of hydrogen-bond acceptors (Lipinski definition) is 4. The van der Waals surface area contributed by atoms with Gasteiger partial charge in [-0.05, 0) is 39.0 Å². The van der Waals surface area contributed by atoms with E-state index in [2.05, 4.69) is 15.7 Å². The van der Waals surface area contributed by atoms with Crippen LogP contribution < -0.4 is 10.6 Å². The minimum atomic E-state index is -0.600. The monoisotopic (exact) mass is 347 g/mol. The summed E-state index contributed by atoms with van der Waals surface area (Å²) in [6.45, 7) is 3.19. The Morgan fingerprint density at radius 2 is 1.88 bits per heavy atom. The molecular formula is C17H25N5O3. The van der Waals surface area contributed by atoms with Crippen molar-refractivity contribution < 1.29 is 14.4 Å². The van der Waals surface area contributed by atoms with Gasteiger partial charge < -0.3 is 15.5 Å². The second kappa shape index (κ2) is 7.25. The second-order valence-corrected chi connectivity index (χ2v) is 6.88. The molecule has 1 unspecified atom stereocenters. The van der Waals surface area contributed by atoms with Crippen molar-refractivity contribution in [3.8, 4) is 0 Å². The third-order valence-corrected chi connectivity index (χ3v) is 4.70. The van der Waals surface area contributed by atoms with E-state index in [0.717, 1.165) is 45.2 Å². The van der Waals surface area contributed by atoms with E-state index in [4.69, 9.17) is 0 Å². The van der Waals surface area contributed by atoms with E-state index >= 15 is 0 Å². The molecule has 0 radical (unpaired) electrons. The third kappa shape index (κ3) is 4.18. The normalized spacial score (nSPS) is 18.6. The van der Waals surface area contributed by atoms with Crippen molar-refractivity contribution in [3.05, 3.63) is 11.8 Å². The zero-order valence-electron chi connectivity index (χ0n) is 14.7. The van der Waals surface area contributed by atoms with E-state index in [9.17, 15) is 14.4 Å². The molecule has 0 aromatic carbocycles. The lowest BCUT2D eigenvalue weighted by Gasteiger charge is -2.29. The standard InChI is InChI=1S/C17H25N5O3/c1-11(17(25)22-8-4-3-5-9-22)18-16(24)13-10-14(21(2)20-13)19-15(23)12-6-7-12/h10-12H,3-9H2,1-2H3,(H,18,24)(H,19,23). The van der Waals surface area contributed by atoms with Gasteiger partial charge in [-0.25, -0.2) is 0 Å². The van der Waals surface area contributed by atoms with Crippen molar-refractivity contribution in [3.63, 3.8) is 0 Å². The first-order valence-electron chi connectivity index (χ1n) is 8.90. The summed E-state index contributed by atoms with van der Waals surface area (Å²) < 4.78 is 1.46. The summed E-state index contributed by atoms with van der Waals surface area (Å²) >= 11 is 0. The van der Waals surface area contributed by atoms with Gasteiger partial charge in [-0.2, -0.15) is 5.10 Å². The van der Waals surface area contributed by atoms with Crippen molar-refractivity contribution in [2.45, 2.75) is 45.1 Å². The first kappa shape index (κ1) is 17.4. The van der Waals surface area contributed by atoms with E-state index in [1.54, 1.807) is 18.9 Å². The molecule has 136 valence electrons. The van der Waals surface area contributed by atoms with Crippen LogP contribution in [0, 0.1) is 5.92 Å². The van der Waals surface area contributed by atoms with E-state index in [1.807, 2.05) is 0 Å². The van der Waals surface area contributed by atoms with Crippen molar-refractivity contribution in [2.24, 2.45) is 13.0 Å². The average Bonchev–Trinajstić information content (AvgIpc) is 3.40. The number of hydrogen-bond donors (Lipinski definition) is 2. The molecule has 2 fully saturated rings. The number of aromatic nitrogens is 2. The number of aryl methyl sites for hydroxylation is 1. The smallest absolute Gasteiger partial charge is 0.272 e. The molecule has 2 heterocycles. The summed E-state index contributed by atoms with van der Waals surface area (Å²) in [5, 5.41) is 9.62. The van der Waals surface area contributed by atoms with Crippen LogP contribution in [0.1, 0.15) is 49.5 Å². The van der Waals surface area contributed by atoms with Crippen LogP contribution in [0.2, 0.25) is 0 Å². The Hall–Kier alpha value is -2.38. The molecule has 1 aliphatic carbocycles. The first-order chi connectivity index (χ1) is 12.0. The fourth-order valence-corrected chi connectivity index (χ4v) is 2.99. The molecule has 1 saturated carbocycles. The number of anilines is 1. The van der Waals surface area contributed by atoms with Crippen molar-refractivity contribution in [2.75, 3.05) is 18.4 Å². The number of piperidine rings is 1. The van der Waals surface area contributed by atoms with E-state index in [0.29, 0.717) is 5.82 Å². The van der Waals surface area contributed by atoms with Gasteiger partial charge in [0.05, 0.1) is 0 Å². The number of likely N-dealkylation sites (tertiary alicyclic amines) is 1. The summed E-state index contributed by atoms with van der Waals surface area (Å²) in [7, 11) is 1.67.